The van der Waals surface area contributed by atoms with Crippen molar-refractivity contribution in [2.45, 2.75) is 26.7 Å². The first-order valence-electron chi connectivity index (χ1n) is 8.78. The number of hydrogen-bond donors (Lipinski definition) is 3. The van der Waals surface area contributed by atoms with Crippen LogP contribution in [-0.4, -0.2) is 23.0 Å². The number of hydrazone groups is 1. The zero-order chi connectivity index (χ0) is 19.2. The molecule has 1 aromatic heterocycles. The van der Waals surface area contributed by atoms with E-state index in [0.29, 0.717) is 0 Å². The van der Waals surface area contributed by atoms with Gasteiger partial charge in [0, 0.05) is 41.2 Å². The van der Waals surface area contributed by atoms with Crippen molar-refractivity contribution in [3.8, 4) is 0 Å². The smallest absolute Gasteiger partial charge is 0.240 e. The van der Waals surface area contributed by atoms with E-state index in [1.54, 1.807) is 6.21 Å². The minimum atomic E-state index is -0.304. The highest BCUT2D eigenvalue weighted by Gasteiger charge is 2.08. The van der Waals surface area contributed by atoms with Gasteiger partial charge in [-0.15, -0.1) is 0 Å². The maximum atomic E-state index is 12.1. The highest BCUT2D eigenvalue weighted by Crippen LogP contribution is 2.17. The molecule has 0 saturated carbocycles. The van der Waals surface area contributed by atoms with Gasteiger partial charge in [-0.05, 0) is 37.1 Å². The van der Waals surface area contributed by atoms with Gasteiger partial charge >= 0.3 is 0 Å². The standard InChI is InChI=1S/C21H22N4O2/c1-14-7-8-15(2)19(11-14)24-20(26)9-10-21(27)25-23-13-16-12-22-18-6-4-3-5-17(16)18/h3-8,11-13,22H,9-10H2,1-2H3,(H,24,26)(H,25,27). The minimum absolute atomic E-state index is 0.0714. The Kier molecular flexibility index (Phi) is 5.66. The van der Waals surface area contributed by atoms with Crippen molar-refractivity contribution in [1.82, 2.24) is 10.4 Å². The molecule has 0 aliphatic rings. The summed E-state index contributed by atoms with van der Waals surface area (Å²) in [4.78, 5) is 27.1. The van der Waals surface area contributed by atoms with E-state index in [1.807, 2.05) is 62.5 Å². The summed E-state index contributed by atoms with van der Waals surface area (Å²) >= 11 is 0. The van der Waals surface area contributed by atoms with Crippen molar-refractivity contribution in [2.75, 3.05) is 5.32 Å². The molecule has 0 radical (unpaired) electrons. The topological polar surface area (TPSA) is 86.3 Å². The molecule has 0 bridgehead atoms. The summed E-state index contributed by atoms with van der Waals surface area (Å²) < 4.78 is 0. The zero-order valence-corrected chi connectivity index (χ0v) is 15.4. The number of aromatic amines is 1. The molecule has 27 heavy (non-hydrogen) atoms. The van der Waals surface area contributed by atoms with E-state index in [2.05, 4.69) is 20.8 Å². The molecule has 6 heteroatoms. The lowest BCUT2D eigenvalue weighted by Gasteiger charge is -2.09. The number of aromatic nitrogens is 1. The number of aryl methyl sites for hydroxylation is 2. The highest BCUT2D eigenvalue weighted by molar-refractivity contribution is 5.99. The normalized spacial score (nSPS) is 11.0. The van der Waals surface area contributed by atoms with Crippen molar-refractivity contribution >= 4 is 34.6 Å². The van der Waals surface area contributed by atoms with Gasteiger partial charge < -0.3 is 10.3 Å². The molecular weight excluding hydrogens is 340 g/mol. The number of carbonyl (C=O) groups is 2. The summed E-state index contributed by atoms with van der Waals surface area (Å²) in [5, 5.41) is 7.85. The molecule has 0 spiro atoms. The lowest BCUT2D eigenvalue weighted by Crippen LogP contribution is -2.20. The molecule has 6 nitrogen and oxygen atoms in total. The number of anilines is 1. The summed E-state index contributed by atoms with van der Waals surface area (Å²) in [6.07, 6.45) is 3.59. The van der Waals surface area contributed by atoms with Crippen molar-refractivity contribution in [2.24, 2.45) is 5.10 Å². The number of hydrogen-bond acceptors (Lipinski definition) is 3. The Labute approximate surface area is 157 Å². The Morgan fingerprint density at radius 3 is 2.70 bits per heavy atom. The van der Waals surface area contributed by atoms with Crippen molar-refractivity contribution in [3.05, 3.63) is 65.4 Å². The van der Waals surface area contributed by atoms with E-state index < -0.39 is 0 Å². The number of nitrogens with zero attached hydrogens (tertiary/aromatic N) is 1. The molecular formula is C21H22N4O2. The first kappa shape index (κ1) is 18.4. The van der Waals surface area contributed by atoms with E-state index in [0.717, 1.165) is 33.3 Å². The van der Waals surface area contributed by atoms with Gasteiger partial charge in [0.05, 0.1) is 6.21 Å². The van der Waals surface area contributed by atoms with Gasteiger partial charge in [-0.2, -0.15) is 5.10 Å². The third-order valence-electron chi connectivity index (χ3n) is 4.26. The highest BCUT2D eigenvalue weighted by atomic mass is 16.2. The summed E-state index contributed by atoms with van der Waals surface area (Å²) in [6, 6.07) is 13.7. The number of para-hydroxylation sites is 1. The van der Waals surface area contributed by atoms with Crippen LogP contribution in [0.25, 0.3) is 10.9 Å². The number of amides is 2. The van der Waals surface area contributed by atoms with Crippen LogP contribution in [0.5, 0.6) is 0 Å². The fourth-order valence-electron chi connectivity index (χ4n) is 2.74. The van der Waals surface area contributed by atoms with Crippen LogP contribution in [0.15, 0.2) is 53.8 Å². The van der Waals surface area contributed by atoms with Crippen molar-refractivity contribution in [1.29, 1.82) is 0 Å². The molecule has 3 rings (SSSR count). The molecule has 0 saturated heterocycles. The monoisotopic (exact) mass is 362 g/mol. The lowest BCUT2D eigenvalue weighted by atomic mass is 10.1. The van der Waals surface area contributed by atoms with Crippen LogP contribution in [0, 0.1) is 13.8 Å². The quantitative estimate of drug-likeness (QED) is 0.462. The summed E-state index contributed by atoms with van der Waals surface area (Å²) in [7, 11) is 0. The Morgan fingerprint density at radius 1 is 1.07 bits per heavy atom. The van der Waals surface area contributed by atoms with Crippen LogP contribution in [-0.2, 0) is 9.59 Å². The Bertz CT molecular complexity index is 1000. The molecule has 3 aromatic rings. The Balaban J connectivity index is 1.48. The van der Waals surface area contributed by atoms with Crippen LogP contribution >= 0.6 is 0 Å². The predicted molar refractivity (Wildman–Crippen MR) is 108 cm³/mol. The van der Waals surface area contributed by atoms with E-state index in [4.69, 9.17) is 0 Å². The maximum absolute atomic E-state index is 12.1. The number of benzene rings is 2. The largest absolute Gasteiger partial charge is 0.361 e. The first-order chi connectivity index (χ1) is 13.0. The molecule has 1 heterocycles. The molecule has 138 valence electrons. The van der Waals surface area contributed by atoms with Crippen LogP contribution in [0.3, 0.4) is 0 Å². The molecule has 0 aliphatic carbocycles. The van der Waals surface area contributed by atoms with Crippen LogP contribution < -0.4 is 10.7 Å². The fourth-order valence-corrected chi connectivity index (χ4v) is 2.74. The molecule has 3 N–H and O–H groups in total. The Morgan fingerprint density at radius 2 is 1.85 bits per heavy atom. The van der Waals surface area contributed by atoms with Crippen LogP contribution in [0.1, 0.15) is 29.5 Å². The zero-order valence-electron chi connectivity index (χ0n) is 15.4. The minimum Gasteiger partial charge on any atom is -0.361 e. The number of carbonyl (C=O) groups excluding carboxylic acids is 2. The van der Waals surface area contributed by atoms with E-state index in [9.17, 15) is 9.59 Å². The van der Waals surface area contributed by atoms with Crippen LogP contribution in [0.4, 0.5) is 5.69 Å². The number of H-pyrrole nitrogens is 1. The average Bonchev–Trinajstić information content (AvgIpc) is 3.06. The summed E-state index contributed by atoms with van der Waals surface area (Å²) in [5.74, 6) is -0.498. The number of rotatable bonds is 6. The van der Waals surface area contributed by atoms with Crippen LogP contribution in [0.2, 0.25) is 0 Å². The van der Waals surface area contributed by atoms with Gasteiger partial charge in [0.1, 0.15) is 0 Å². The molecule has 0 atom stereocenters. The van der Waals surface area contributed by atoms with Crippen molar-refractivity contribution in [3.63, 3.8) is 0 Å². The second kappa shape index (κ2) is 8.31. The van der Waals surface area contributed by atoms with Gasteiger partial charge in [0.25, 0.3) is 0 Å². The summed E-state index contributed by atoms with van der Waals surface area (Å²) in [6.45, 7) is 3.90. The van der Waals surface area contributed by atoms with Crippen molar-refractivity contribution < 1.29 is 9.59 Å². The fraction of sp³-hybridized carbons (Fsp3) is 0.190. The molecule has 0 fully saturated rings. The van der Waals surface area contributed by atoms with Gasteiger partial charge in [0.2, 0.25) is 11.8 Å². The maximum Gasteiger partial charge on any atom is 0.240 e. The predicted octanol–water partition coefficient (Wildman–Crippen LogP) is 3.65. The second-order valence-corrected chi connectivity index (χ2v) is 6.45. The molecule has 0 unspecified atom stereocenters. The first-order valence-corrected chi connectivity index (χ1v) is 8.78. The molecule has 0 aliphatic heterocycles. The van der Waals surface area contributed by atoms with Gasteiger partial charge in [-0.25, -0.2) is 5.43 Å². The third-order valence-corrected chi connectivity index (χ3v) is 4.26. The number of nitrogens with one attached hydrogen (secondary N) is 3. The van der Waals surface area contributed by atoms with E-state index >= 15 is 0 Å². The number of fused-ring (bicyclic) bond motifs is 1. The lowest BCUT2D eigenvalue weighted by molar-refractivity contribution is -0.124. The summed E-state index contributed by atoms with van der Waals surface area (Å²) in [5.41, 5.74) is 7.19. The Hall–Kier alpha value is -3.41. The SMILES string of the molecule is Cc1ccc(C)c(NC(=O)CCC(=O)NN=Cc2c[nH]c3ccccc23)c1. The van der Waals surface area contributed by atoms with E-state index in [-0.39, 0.29) is 24.7 Å². The van der Waals surface area contributed by atoms with Gasteiger partial charge in [0.15, 0.2) is 0 Å². The second-order valence-electron chi connectivity index (χ2n) is 6.45. The average molecular weight is 362 g/mol. The van der Waals surface area contributed by atoms with Gasteiger partial charge in [-0.3, -0.25) is 9.59 Å². The molecule has 2 amide bonds. The molecule has 2 aromatic carbocycles. The van der Waals surface area contributed by atoms with Gasteiger partial charge in [-0.1, -0.05) is 30.3 Å². The third kappa shape index (κ3) is 4.82. The van der Waals surface area contributed by atoms with E-state index in [1.165, 1.54) is 0 Å².